The van der Waals surface area contributed by atoms with Gasteiger partial charge in [0, 0.05) is 19.1 Å². The molecule has 8 nitrogen and oxygen atoms in total. The Morgan fingerprint density at radius 2 is 1.91 bits per heavy atom. The highest BCUT2D eigenvalue weighted by Gasteiger charge is 2.48. The molecule has 2 aromatic rings. The zero-order valence-corrected chi connectivity index (χ0v) is 20.2. The van der Waals surface area contributed by atoms with Crippen LogP contribution in [0.2, 0.25) is 0 Å². The minimum atomic E-state index is -1.02. The molecule has 2 heterocycles. The molecule has 1 aliphatic heterocycles. The van der Waals surface area contributed by atoms with Crippen LogP contribution in [0.3, 0.4) is 0 Å². The minimum absolute atomic E-state index is 0.129. The highest BCUT2D eigenvalue weighted by Crippen LogP contribution is 2.30. The predicted octanol–water partition coefficient (Wildman–Crippen LogP) is 2.93. The molecule has 8 heteroatoms. The van der Waals surface area contributed by atoms with Gasteiger partial charge in [-0.25, -0.2) is 4.98 Å². The number of hydrogen-bond acceptors (Lipinski definition) is 4. The van der Waals surface area contributed by atoms with E-state index in [0.717, 1.165) is 38.5 Å². The fourth-order valence-electron chi connectivity index (χ4n) is 5.06. The number of carbonyl (C=O) groups is 3. The Labute approximate surface area is 201 Å². The van der Waals surface area contributed by atoms with E-state index in [0.29, 0.717) is 19.5 Å². The standard InChI is InChI=1S/C26H35N5O3/c1-3-16-31-24(33)22-21(23(32)27-15-9-12-19-10-5-4-6-11-19)28-18-30(22)17-26(31,2)25(34)29-20-13-7-8-14-20/h4-6,10-11,18,20H,3,7-9,12-17H2,1-2H3,(H,27,32)(H,29,34)/t26-/m0/s1. The van der Waals surface area contributed by atoms with Crippen molar-refractivity contribution in [3.05, 3.63) is 53.6 Å². The predicted molar refractivity (Wildman–Crippen MR) is 129 cm³/mol. The maximum absolute atomic E-state index is 13.6. The number of imidazole rings is 1. The maximum atomic E-state index is 13.6. The fourth-order valence-corrected chi connectivity index (χ4v) is 5.06. The molecule has 1 fully saturated rings. The topological polar surface area (TPSA) is 96.3 Å². The molecule has 0 saturated heterocycles. The van der Waals surface area contributed by atoms with Gasteiger partial charge in [0.25, 0.3) is 11.8 Å². The van der Waals surface area contributed by atoms with Crippen LogP contribution in [0.1, 0.15) is 78.9 Å². The summed E-state index contributed by atoms with van der Waals surface area (Å²) in [5, 5.41) is 6.06. The van der Waals surface area contributed by atoms with Gasteiger partial charge in [-0.2, -0.15) is 0 Å². The van der Waals surface area contributed by atoms with Crippen LogP contribution in [0.15, 0.2) is 36.7 Å². The quantitative estimate of drug-likeness (QED) is 0.557. The smallest absolute Gasteiger partial charge is 0.273 e. The number of nitrogens with zero attached hydrogens (tertiary/aromatic N) is 3. The van der Waals surface area contributed by atoms with Crippen LogP contribution in [0.4, 0.5) is 0 Å². The Kier molecular flexibility index (Phi) is 7.34. The van der Waals surface area contributed by atoms with E-state index < -0.39 is 5.54 Å². The number of amides is 3. The Hall–Kier alpha value is -3.16. The van der Waals surface area contributed by atoms with Crippen LogP contribution in [0.25, 0.3) is 0 Å². The van der Waals surface area contributed by atoms with Crippen molar-refractivity contribution in [1.29, 1.82) is 0 Å². The van der Waals surface area contributed by atoms with Gasteiger partial charge >= 0.3 is 0 Å². The number of hydrogen-bond donors (Lipinski definition) is 2. The number of fused-ring (bicyclic) bond motifs is 1. The molecule has 1 aromatic heterocycles. The summed E-state index contributed by atoms with van der Waals surface area (Å²) in [4.78, 5) is 45.7. The highest BCUT2D eigenvalue weighted by molar-refractivity contribution is 6.07. The number of nitrogens with one attached hydrogen (secondary N) is 2. The summed E-state index contributed by atoms with van der Waals surface area (Å²) in [6.45, 7) is 5.01. The van der Waals surface area contributed by atoms with Crippen molar-refractivity contribution < 1.29 is 14.4 Å². The summed E-state index contributed by atoms with van der Waals surface area (Å²) >= 11 is 0. The molecular weight excluding hydrogens is 430 g/mol. The lowest BCUT2D eigenvalue weighted by Gasteiger charge is -2.44. The van der Waals surface area contributed by atoms with Gasteiger partial charge in [0.1, 0.15) is 11.2 Å². The molecule has 0 radical (unpaired) electrons. The molecule has 0 unspecified atom stereocenters. The lowest BCUT2D eigenvalue weighted by Crippen LogP contribution is -2.65. The molecule has 2 aliphatic rings. The third-order valence-corrected chi connectivity index (χ3v) is 6.97. The number of aromatic nitrogens is 2. The van der Waals surface area contributed by atoms with E-state index in [2.05, 4.69) is 27.8 Å². The van der Waals surface area contributed by atoms with E-state index >= 15 is 0 Å². The first kappa shape index (κ1) is 24.0. The summed E-state index contributed by atoms with van der Waals surface area (Å²) in [6, 6.07) is 10.3. The zero-order chi connectivity index (χ0) is 24.1. The van der Waals surface area contributed by atoms with Crippen LogP contribution in [0, 0.1) is 0 Å². The first-order valence-corrected chi connectivity index (χ1v) is 12.4. The van der Waals surface area contributed by atoms with Crippen molar-refractivity contribution in [2.45, 2.75) is 76.9 Å². The molecule has 0 spiro atoms. The largest absolute Gasteiger partial charge is 0.351 e. The highest BCUT2D eigenvalue weighted by atomic mass is 16.2. The molecule has 0 bridgehead atoms. The van der Waals surface area contributed by atoms with E-state index in [-0.39, 0.29) is 41.7 Å². The van der Waals surface area contributed by atoms with E-state index in [9.17, 15) is 14.4 Å². The van der Waals surface area contributed by atoms with Gasteiger partial charge in [0.15, 0.2) is 5.69 Å². The first-order chi connectivity index (χ1) is 16.4. The lowest BCUT2D eigenvalue weighted by molar-refractivity contribution is -0.133. The van der Waals surface area contributed by atoms with Crippen molar-refractivity contribution in [1.82, 2.24) is 25.1 Å². The Morgan fingerprint density at radius 3 is 2.62 bits per heavy atom. The second kappa shape index (κ2) is 10.4. The second-order valence-corrected chi connectivity index (χ2v) is 9.60. The van der Waals surface area contributed by atoms with Crippen LogP contribution in [0.5, 0.6) is 0 Å². The van der Waals surface area contributed by atoms with E-state index in [4.69, 9.17) is 0 Å². The zero-order valence-electron chi connectivity index (χ0n) is 20.2. The molecule has 182 valence electrons. The molecule has 1 aromatic carbocycles. The average molecular weight is 466 g/mol. The summed E-state index contributed by atoms with van der Waals surface area (Å²) in [5.41, 5.74) is 0.591. The van der Waals surface area contributed by atoms with Crippen molar-refractivity contribution in [3.63, 3.8) is 0 Å². The molecule has 2 N–H and O–H groups in total. The van der Waals surface area contributed by atoms with Crippen LogP contribution >= 0.6 is 0 Å². The minimum Gasteiger partial charge on any atom is -0.351 e. The summed E-state index contributed by atoms with van der Waals surface area (Å²) < 4.78 is 1.67. The van der Waals surface area contributed by atoms with E-state index in [1.807, 2.05) is 32.0 Å². The normalized spacial score (nSPS) is 20.3. The third kappa shape index (κ3) is 4.86. The van der Waals surface area contributed by atoms with Gasteiger partial charge < -0.3 is 20.1 Å². The van der Waals surface area contributed by atoms with Crippen LogP contribution in [-0.4, -0.2) is 56.8 Å². The van der Waals surface area contributed by atoms with Gasteiger partial charge in [0.05, 0.1) is 12.9 Å². The molecule has 3 amide bonds. The first-order valence-electron chi connectivity index (χ1n) is 12.4. The van der Waals surface area contributed by atoms with Crippen molar-refractivity contribution in [3.8, 4) is 0 Å². The van der Waals surface area contributed by atoms with Gasteiger partial charge in [0.2, 0.25) is 5.91 Å². The molecule has 1 aliphatic carbocycles. The number of carbonyl (C=O) groups excluding carboxylic acids is 3. The average Bonchev–Trinajstić information content (AvgIpc) is 3.50. The third-order valence-electron chi connectivity index (χ3n) is 6.97. The molecule has 1 saturated carbocycles. The maximum Gasteiger partial charge on any atom is 0.273 e. The van der Waals surface area contributed by atoms with Crippen LogP contribution in [-0.2, 0) is 17.8 Å². The van der Waals surface area contributed by atoms with Crippen LogP contribution < -0.4 is 10.6 Å². The van der Waals surface area contributed by atoms with Crippen molar-refractivity contribution in [2.75, 3.05) is 13.1 Å². The summed E-state index contributed by atoms with van der Waals surface area (Å²) in [7, 11) is 0. The Bertz CT molecular complexity index is 1030. The fraction of sp³-hybridized carbons (Fsp3) is 0.538. The van der Waals surface area contributed by atoms with Gasteiger partial charge in [-0.1, -0.05) is 50.1 Å². The van der Waals surface area contributed by atoms with Crippen molar-refractivity contribution >= 4 is 17.7 Å². The lowest BCUT2D eigenvalue weighted by atomic mass is 9.93. The monoisotopic (exact) mass is 465 g/mol. The van der Waals surface area contributed by atoms with E-state index in [1.54, 1.807) is 9.47 Å². The van der Waals surface area contributed by atoms with Gasteiger partial charge in [-0.05, 0) is 44.6 Å². The molecule has 1 atom stereocenters. The van der Waals surface area contributed by atoms with Gasteiger partial charge in [-0.15, -0.1) is 0 Å². The number of aryl methyl sites for hydroxylation is 1. The number of benzene rings is 1. The Morgan fingerprint density at radius 1 is 1.18 bits per heavy atom. The van der Waals surface area contributed by atoms with Crippen molar-refractivity contribution in [2.24, 2.45) is 0 Å². The molecular formula is C26H35N5O3. The summed E-state index contributed by atoms with van der Waals surface area (Å²) in [5.74, 6) is -0.804. The molecule has 34 heavy (non-hydrogen) atoms. The number of rotatable bonds is 9. The Balaban J connectivity index is 1.46. The molecule has 4 rings (SSSR count). The SMILES string of the molecule is CCCN1C(=O)c2c(C(=O)NCCCc3ccccc3)ncn2C[C@@]1(C)C(=O)NC1CCCC1. The van der Waals surface area contributed by atoms with Gasteiger partial charge in [-0.3, -0.25) is 14.4 Å². The van der Waals surface area contributed by atoms with E-state index in [1.165, 1.54) is 11.9 Å². The summed E-state index contributed by atoms with van der Waals surface area (Å²) in [6.07, 6.45) is 8.08. The second-order valence-electron chi connectivity index (χ2n) is 9.60.